The number of nitrogens with two attached hydrogens (primary N) is 1. The second-order valence-corrected chi connectivity index (χ2v) is 5.03. The van der Waals surface area contributed by atoms with Crippen LogP contribution in [-0.4, -0.2) is 14.8 Å². The Bertz CT molecular complexity index is 532. The molecule has 2 aromatic heterocycles. The Labute approximate surface area is 113 Å². The van der Waals surface area contributed by atoms with Crippen molar-refractivity contribution in [1.82, 2.24) is 20.2 Å². The number of rotatable bonds is 5. The van der Waals surface area contributed by atoms with Crippen molar-refractivity contribution in [3.05, 3.63) is 47.5 Å². The number of aromatic nitrogens is 3. The van der Waals surface area contributed by atoms with Crippen molar-refractivity contribution < 1.29 is 0 Å². The van der Waals surface area contributed by atoms with Gasteiger partial charge in [-0.05, 0) is 44.5 Å². The fourth-order valence-electron chi connectivity index (χ4n) is 2.04. The van der Waals surface area contributed by atoms with Gasteiger partial charge in [-0.1, -0.05) is 0 Å². The highest BCUT2D eigenvalue weighted by molar-refractivity contribution is 5.21. The van der Waals surface area contributed by atoms with Gasteiger partial charge in [0.2, 0.25) is 0 Å². The molecule has 0 aliphatic heterocycles. The number of nitrogens with zero attached hydrogens (tertiary/aromatic N) is 3. The molecule has 0 amide bonds. The van der Waals surface area contributed by atoms with Crippen molar-refractivity contribution >= 4 is 0 Å². The van der Waals surface area contributed by atoms with Crippen LogP contribution >= 0.6 is 0 Å². The van der Waals surface area contributed by atoms with Gasteiger partial charge in [0.15, 0.2) is 0 Å². The van der Waals surface area contributed by atoms with Gasteiger partial charge in [-0.2, -0.15) is 5.10 Å². The first-order chi connectivity index (χ1) is 9.10. The quantitative estimate of drug-likeness (QED) is 0.636. The van der Waals surface area contributed by atoms with Crippen LogP contribution in [0, 0.1) is 6.92 Å². The summed E-state index contributed by atoms with van der Waals surface area (Å²) in [4.78, 5) is 4.20. The van der Waals surface area contributed by atoms with E-state index in [0.717, 1.165) is 23.4 Å². The topological polar surface area (TPSA) is 68.8 Å². The summed E-state index contributed by atoms with van der Waals surface area (Å²) in [6.45, 7) is 6.20. The summed E-state index contributed by atoms with van der Waals surface area (Å²) in [7, 11) is 0. The van der Waals surface area contributed by atoms with Crippen LogP contribution in [-0.2, 0) is 6.42 Å². The maximum Gasteiger partial charge on any atom is 0.0644 e. The highest BCUT2D eigenvalue weighted by atomic mass is 15.3. The number of pyridine rings is 1. The molecule has 5 nitrogen and oxygen atoms in total. The van der Waals surface area contributed by atoms with Gasteiger partial charge in [0, 0.05) is 30.6 Å². The normalized spacial score (nSPS) is 12.9. The molecular weight excluding hydrogens is 238 g/mol. The standard InChI is InChI=1S/C14H21N5/c1-10(2)19-7-5-13(18-19)9-14(17-15)12-4-6-16-11(3)8-12/h4-8,10,14,17H,9,15H2,1-3H3. The van der Waals surface area contributed by atoms with E-state index in [1.54, 1.807) is 0 Å². The summed E-state index contributed by atoms with van der Waals surface area (Å²) in [5.74, 6) is 5.66. The van der Waals surface area contributed by atoms with E-state index in [2.05, 4.69) is 29.4 Å². The van der Waals surface area contributed by atoms with Crippen LogP contribution < -0.4 is 11.3 Å². The Hall–Kier alpha value is -1.72. The summed E-state index contributed by atoms with van der Waals surface area (Å²) in [5, 5.41) is 4.55. The molecule has 2 heterocycles. The molecule has 0 fully saturated rings. The zero-order valence-corrected chi connectivity index (χ0v) is 11.7. The first-order valence-corrected chi connectivity index (χ1v) is 6.53. The van der Waals surface area contributed by atoms with Gasteiger partial charge in [-0.15, -0.1) is 0 Å². The summed E-state index contributed by atoms with van der Waals surface area (Å²) in [6, 6.07) is 6.50. The third-order valence-electron chi connectivity index (χ3n) is 3.13. The Morgan fingerprint density at radius 2 is 2.16 bits per heavy atom. The maximum absolute atomic E-state index is 5.66. The molecule has 0 aliphatic carbocycles. The van der Waals surface area contributed by atoms with E-state index < -0.39 is 0 Å². The van der Waals surface area contributed by atoms with Gasteiger partial charge < -0.3 is 0 Å². The molecule has 0 aromatic carbocycles. The van der Waals surface area contributed by atoms with Crippen LogP contribution in [0.3, 0.4) is 0 Å². The van der Waals surface area contributed by atoms with Gasteiger partial charge >= 0.3 is 0 Å². The summed E-state index contributed by atoms with van der Waals surface area (Å²) < 4.78 is 1.96. The molecule has 0 saturated heterocycles. The van der Waals surface area contributed by atoms with Gasteiger partial charge in [0.05, 0.1) is 11.7 Å². The second-order valence-electron chi connectivity index (χ2n) is 5.03. The molecule has 0 aliphatic rings. The SMILES string of the molecule is Cc1cc(C(Cc2ccn(C(C)C)n2)NN)ccn1. The average molecular weight is 259 g/mol. The van der Waals surface area contributed by atoms with E-state index in [9.17, 15) is 0 Å². The average Bonchev–Trinajstić information content (AvgIpc) is 2.84. The van der Waals surface area contributed by atoms with Crippen molar-refractivity contribution in [1.29, 1.82) is 0 Å². The van der Waals surface area contributed by atoms with E-state index in [-0.39, 0.29) is 6.04 Å². The molecule has 2 aromatic rings. The van der Waals surface area contributed by atoms with Crippen molar-refractivity contribution in [3.8, 4) is 0 Å². The van der Waals surface area contributed by atoms with Gasteiger partial charge in [0.25, 0.3) is 0 Å². The number of hydrazine groups is 1. The Morgan fingerprint density at radius 1 is 1.37 bits per heavy atom. The molecule has 0 radical (unpaired) electrons. The minimum atomic E-state index is 0.0530. The highest BCUT2D eigenvalue weighted by Crippen LogP contribution is 2.17. The van der Waals surface area contributed by atoms with E-state index in [4.69, 9.17) is 5.84 Å². The molecule has 3 N–H and O–H groups in total. The predicted molar refractivity (Wildman–Crippen MR) is 75.4 cm³/mol. The maximum atomic E-state index is 5.66. The number of aryl methyl sites for hydroxylation is 1. The molecule has 5 heteroatoms. The van der Waals surface area contributed by atoms with E-state index in [0.29, 0.717) is 6.04 Å². The Balaban J connectivity index is 2.14. The smallest absolute Gasteiger partial charge is 0.0644 e. The first kappa shape index (κ1) is 13.7. The predicted octanol–water partition coefficient (Wildman–Crippen LogP) is 1.91. The second kappa shape index (κ2) is 5.95. The molecule has 1 unspecified atom stereocenters. The lowest BCUT2D eigenvalue weighted by atomic mass is 10.0. The minimum Gasteiger partial charge on any atom is -0.271 e. The van der Waals surface area contributed by atoms with Gasteiger partial charge in [-0.25, -0.2) is 0 Å². The van der Waals surface area contributed by atoms with Crippen molar-refractivity contribution in [2.75, 3.05) is 0 Å². The fourth-order valence-corrected chi connectivity index (χ4v) is 2.04. The zero-order valence-electron chi connectivity index (χ0n) is 11.7. The summed E-state index contributed by atoms with van der Waals surface area (Å²) >= 11 is 0. The highest BCUT2D eigenvalue weighted by Gasteiger charge is 2.13. The van der Waals surface area contributed by atoms with E-state index in [1.165, 1.54) is 0 Å². The summed E-state index contributed by atoms with van der Waals surface area (Å²) in [5.41, 5.74) is 6.01. The number of hydrogen-bond acceptors (Lipinski definition) is 4. The van der Waals surface area contributed by atoms with Crippen LogP contribution in [0.5, 0.6) is 0 Å². The van der Waals surface area contributed by atoms with Crippen LogP contribution in [0.15, 0.2) is 30.6 Å². The van der Waals surface area contributed by atoms with Gasteiger partial charge in [0.1, 0.15) is 0 Å². The van der Waals surface area contributed by atoms with E-state index in [1.807, 2.05) is 42.2 Å². The van der Waals surface area contributed by atoms with Crippen LogP contribution in [0.4, 0.5) is 0 Å². The van der Waals surface area contributed by atoms with Crippen molar-refractivity contribution in [2.24, 2.45) is 5.84 Å². The monoisotopic (exact) mass is 259 g/mol. The molecule has 0 bridgehead atoms. The van der Waals surface area contributed by atoms with Crippen LogP contribution in [0.2, 0.25) is 0 Å². The number of hydrogen-bond donors (Lipinski definition) is 2. The van der Waals surface area contributed by atoms with Crippen molar-refractivity contribution in [3.63, 3.8) is 0 Å². The minimum absolute atomic E-state index is 0.0530. The third-order valence-corrected chi connectivity index (χ3v) is 3.13. The molecule has 2 rings (SSSR count). The third kappa shape index (κ3) is 3.39. The lowest BCUT2D eigenvalue weighted by Gasteiger charge is -2.15. The molecule has 102 valence electrons. The first-order valence-electron chi connectivity index (χ1n) is 6.53. The van der Waals surface area contributed by atoms with Crippen LogP contribution in [0.25, 0.3) is 0 Å². The van der Waals surface area contributed by atoms with Crippen molar-refractivity contribution in [2.45, 2.75) is 39.3 Å². The number of nitrogens with one attached hydrogen (secondary N) is 1. The lowest BCUT2D eigenvalue weighted by molar-refractivity contribution is 0.506. The molecule has 0 saturated carbocycles. The van der Waals surface area contributed by atoms with Crippen LogP contribution in [0.1, 0.15) is 42.9 Å². The fraction of sp³-hybridized carbons (Fsp3) is 0.429. The summed E-state index contributed by atoms with van der Waals surface area (Å²) in [6.07, 6.45) is 4.58. The lowest BCUT2D eigenvalue weighted by Crippen LogP contribution is -2.29. The van der Waals surface area contributed by atoms with Gasteiger partial charge in [-0.3, -0.25) is 20.9 Å². The van der Waals surface area contributed by atoms with E-state index >= 15 is 0 Å². The zero-order chi connectivity index (χ0) is 13.8. The Kier molecular flexibility index (Phi) is 4.29. The molecule has 19 heavy (non-hydrogen) atoms. The largest absolute Gasteiger partial charge is 0.271 e. The molecule has 0 spiro atoms. The molecule has 1 atom stereocenters. The Morgan fingerprint density at radius 3 is 2.74 bits per heavy atom. The molecular formula is C14H21N5.